The maximum atomic E-state index is 12.1. The van der Waals surface area contributed by atoms with Crippen LogP contribution in [0.25, 0.3) is 11.5 Å². The van der Waals surface area contributed by atoms with Crippen molar-refractivity contribution >= 4 is 35.0 Å². The molecular formula is C18H17ClN4O2S. The average Bonchev–Trinajstić information content (AvgIpc) is 3.12. The molecule has 0 atom stereocenters. The van der Waals surface area contributed by atoms with E-state index in [1.54, 1.807) is 18.3 Å². The van der Waals surface area contributed by atoms with Crippen molar-refractivity contribution < 1.29 is 9.32 Å². The van der Waals surface area contributed by atoms with Crippen LogP contribution in [0.1, 0.15) is 18.3 Å². The van der Waals surface area contributed by atoms with E-state index in [4.69, 9.17) is 16.1 Å². The Kier molecular flexibility index (Phi) is 5.90. The Morgan fingerprint density at radius 2 is 2.15 bits per heavy atom. The van der Waals surface area contributed by atoms with Gasteiger partial charge in [0.2, 0.25) is 5.91 Å². The summed E-state index contributed by atoms with van der Waals surface area (Å²) in [6.07, 6.45) is 2.38. The molecule has 2 aromatic heterocycles. The number of halogens is 1. The number of carbonyl (C=O) groups excluding carboxylic acids is 1. The molecule has 8 heteroatoms. The molecule has 0 aliphatic rings. The number of thioether (sulfide) groups is 1. The van der Waals surface area contributed by atoms with E-state index in [-0.39, 0.29) is 11.7 Å². The van der Waals surface area contributed by atoms with Crippen molar-refractivity contribution in [3.8, 4) is 11.5 Å². The summed E-state index contributed by atoms with van der Waals surface area (Å²) in [4.78, 5) is 20.7. The standard InChI is InChI=1S/C18H17ClN4O2S/c1-3-15-22-18(25-23-15)12-4-7-17(20-9-12)26-10-16(24)21-14-6-5-13(19)8-11(14)2/h4-9H,3,10H2,1-2H3,(H,21,24). The Balaban J connectivity index is 1.56. The van der Waals surface area contributed by atoms with E-state index >= 15 is 0 Å². The number of hydrogen-bond acceptors (Lipinski definition) is 6. The van der Waals surface area contributed by atoms with Gasteiger partial charge in [0, 0.05) is 23.3 Å². The fourth-order valence-corrected chi connectivity index (χ4v) is 3.07. The summed E-state index contributed by atoms with van der Waals surface area (Å²) in [7, 11) is 0. The lowest BCUT2D eigenvalue weighted by atomic mass is 10.2. The third-order valence-electron chi connectivity index (χ3n) is 3.58. The Morgan fingerprint density at radius 3 is 2.81 bits per heavy atom. The lowest BCUT2D eigenvalue weighted by Crippen LogP contribution is -2.14. The Morgan fingerprint density at radius 1 is 1.31 bits per heavy atom. The Labute approximate surface area is 160 Å². The minimum Gasteiger partial charge on any atom is -0.334 e. The molecule has 3 rings (SSSR count). The molecule has 1 N–H and O–H groups in total. The van der Waals surface area contributed by atoms with E-state index in [9.17, 15) is 4.79 Å². The molecule has 0 saturated heterocycles. The van der Waals surface area contributed by atoms with Gasteiger partial charge in [-0.15, -0.1) is 0 Å². The summed E-state index contributed by atoms with van der Waals surface area (Å²) in [5.74, 6) is 1.26. The molecule has 3 aromatic rings. The van der Waals surface area contributed by atoms with Gasteiger partial charge in [0.1, 0.15) is 0 Å². The lowest BCUT2D eigenvalue weighted by molar-refractivity contribution is -0.113. The van der Waals surface area contributed by atoms with E-state index < -0.39 is 0 Å². The first-order valence-electron chi connectivity index (χ1n) is 8.03. The number of nitrogens with one attached hydrogen (secondary N) is 1. The molecule has 0 aliphatic carbocycles. The second kappa shape index (κ2) is 8.33. The van der Waals surface area contributed by atoms with Crippen LogP contribution in [0.4, 0.5) is 5.69 Å². The van der Waals surface area contributed by atoms with Crippen molar-refractivity contribution in [1.29, 1.82) is 0 Å². The minimum absolute atomic E-state index is 0.101. The smallest absolute Gasteiger partial charge is 0.259 e. The molecule has 6 nitrogen and oxygen atoms in total. The number of rotatable bonds is 6. The maximum Gasteiger partial charge on any atom is 0.259 e. The lowest BCUT2D eigenvalue weighted by Gasteiger charge is -2.08. The van der Waals surface area contributed by atoms with E-state index in [1.807, 2.05) is 32.0 Å². The van der Waals surface area contributed by atoms with Crippen molar-refractivity contribution in [3.63, 3.8) is 0 Å². The normalized spacial score (nSPS) is 10.7. The van der Waals surface area contributed by atoms with E-state index in [1.165, 1.54) is 11.8 Å². The second-order valence-corrected chi connectivity index (χ2v) is 6.98. The van der Waals surface area contributed by atoms with Crippen LogP contribution in [-0.4, -0.2) is 26.8 Å². The molecule has 0 unspecified atom stereocenters. The van der Waals surface area contributed by atoms with Crippen molar-refractivity contribution in [2.24, 2.45) is 0 Å². The fourth-order valence-electron chi connectivity index (χ4n) is 2.20. The van der Waals surface area contributed by atoms with Crippen molar-refractivity contribution in [1.82, 2.24) is 15.1 Å². The number of hydrogen-bond donors (Lipinski definition) is 1. The monoisotopic (exact) mass is 388 g/mol. The number of pyridine rings is 1. The molecule has 1 aromatic carbocycles. The highest BCUT2D eigenvalue weighted by molar-refractivity contribution is 7.99. The van der Waals surface area contributed by atoms with Crippen LogP contribution in [0.15, 0.2) is 46.1 Å². The number of anilines is 1. The van der Waals surface area contributed by atoms with Crippen LogP contribution in [-0.2, 0) is 11.2 Å². The summed E-state index contributed by atoms with van der Waals surface area (Å²) >= 11 is 7.28. The van der Waals surface area contributed by atoms with Gasteiger partial charge in [0.25, 0.3) is 5.89 Å². The molecule has 0 radical (unpaired) electrons. The summed E-state index contributed by atoms with van der Waals surface area (Å²) in [6, 6.07) is 9.04. The predicted octanol–water partition coefficient (Wildman–Crippen LogP) is 4.39. The summed E-state index contributed by atoms with van der Waals surface area (Å²) in [6.45, 7) is 3.86. The Bertz CT molecular complexity index is 912. The van der Waals surface area contributed by atoms with E-state index in [0.29, 0.717) is 23.2 Å². The number of benzene rings is 1. The third kappa shape index (κ3) is 4.62. The SMILES string of the molecule is CCc1noc(-c2ccc(SCC(=O)Nc3ccc(Cl)cc3C)nc2)n1. The van der Waals surface area contributed by atoms with Crippen LogP contribution in [0, 0.1) is 6.92 Å². The van der Waals surface area contributed by atoms with Crippen LogP contribution >= 0.6 is 23.4 Å². The molecule has 2 heterocycles. The van der Waals surface area contributed by atoms with Gasteiger partial charge in [0.05, 0.1) is 16.3 Å². The highest BCUT2D eigenvalue weighted by Gasteiger charge is 2.10. The van der Waals surface area contributed by atoms with Crippen molar-refractivity contribution in [3.05, 3.63) is 52.9 Å². The zero-order chi connectivity index (χ0) is 18.5. The summed E-state index contributed by atoms with van der Waals surface area (Å²) in [5.41, 5.74) is 2.43. The number of aryl methyl sites for hydroxylation is 2. The van der Waals surface area contributed by atoms with Gasteiger partial charge in [-0.3, -0.25) is 4.79 Å². The summed E-state index contributed by atoms with van der Waals surface area (Å²) < 4.78 is 5.18. The third-order valence-corrected chi connectivity index (χ3v) is 4.76. The van der Waals surface area contributed by atoms with Crippen molar-refractivity contribution in [2.45, 2.75) is 25.3 Å². The fraction of sp³-hybridized carbons (Fsp3) is 0.222. The first-order chi connectivity index (χ1) is 12.5. The van der Waals surface area contributed by atoms with Crippen molar-refractivity contribution in [2.75, 3.05) is 11.1 Å². The van der Waals surface area contributed by atoms with Crippen LogP contribution < -0.4 is 5.32 Å². The number of aromatic nitrogens is 3. The molecule has 26 heavy (non-hydrogen) atoms. The molecular weight excluding hydrogens is 372 g/mol. The predicted molar refractivity (Wildman–Crippen MR) is 102 cm³/mol. The van der Waals surface area contributed by atoms with Gasteiger partial charge in [0.15, 0.2) is 5.82 Å². The molecule has 0 spiro atoms. The molecule has 0 aliphatic heterocycles. The first-order valence-corrected chi connectivity index (χ1v) is 9.39. The Hall–Kier alpha value is -2.38. The van der Waals surface area contributed by atoms with Gasteiger partial charge >= 0.3 is 0 Å². The molecule has 134 valence electrons. The van der Waals surface area contributed by atoms with E-state index in [0.717, 1.165) is 21.8 Å². The van der Waals surface area contributed by atoms with Crippen LogP contribution in [0.5, 0.6) is 0 Å². The largest absolute Gasteiger partial charge is 0.334 e. The molecule has 0 fully saturated rings. The van der Waals surface area contributed by atoms with Gasteiger partial charge in [-0.25, -0.2) is 4.98 Å². The molecule has 1 amide bonds. The molecule has 0 bridgehead atoms. The number of carbonyl (C=O) groups is 1. The quantitative estimate of drug-likeness (QED) is 0.631. The van der Waals surface area contributed by atoms with Gasteiger partial charge < -0.3 is 9.84 Å². The minimum atomic E-state index is -0.101. The topological polar surface area (TPSA) is 80.9 Å². The van der Waals surface area contributed by atoms with E-state index in [2.05, 4.69) is 20.4 Å². The average molecular weight is 389 g/mol. The zero-order valence-electron chi connectivity index (χ0n) is 14.3. The highest BCUT2D eigenvalue weighted by atomic mass is 35.5. The van der Waals surface area contributed by atoms with Crippen LogP contribution in [0.3, 0.4) is 0 Å². The summed E-state index contributed by atoms with van der Waals surface area (Å²) in [5, 5.41) is 8.13. The number of nitrogens with zero attached hydrogens (tertiary/aromatic N) is 3. The van der Waals surface area contributed by atoms with Gasteiger partial charge in [-0.05, 0) is 42.8 Å². The highest BCUT2D eigenvalue weighted by Crippen LogP contribution is 2.22. The van der Waals surface area contributed by atoms with Gasteiger partial charge in [-0.2, -0.15) is 4.98 Å². The van der Waals surface area contributed by atoms with Crippen LogP contribution in [0.2, 0.25) is 5.02 Å². The maximum absolute atomic E-state index is 12.1. The molecule has 0 saturated carbocycles. The number of amides is 1. The zero-order valence-corrected chi connectivity index (χ0v) is 15.9. The van der Waals surface area contributed by atoms with Gasteiger partial charge in [-0.1, -0.05) is 35.4 Å². The second-order valence-electron chi connectivity index (χ2n) is 5.55. The first kappa shape index (κ1) is 18.4.